The molecule has 164 valence electrons. The number of anilines is 1. The van der Waals surface area contributed by atoms with Gasteiger partial charge in [-0.3, -0.25) is 9.59 Å². The third-order valence-electron chi connectivity index (χ3n) is 6.08. The maximum atomic E-state index is 12.5. The lowest BCUT2D eigenvalue weighted by molar-refractivity contribution is -0.116. The van der Waals surface area contributed by atoms with Gasteiger partial charge in [0.15, 0.2) is 0 Å². The van der Waals surface area contributed by atoms with Crippen LogP contribution in [0.25, 0.3) is 0 Å². The number of aromatic nitrogens is 1. The maximum absolute atomic E-state index is 12.5. The summed E-state index contributed by atoms with van der Waals surface area (Å²) in [6.07, 6.45) is 6.62. The predicted octanol–water partition coefficient (Wildman–Crippen LogP) is 3.71. The number of benzene rings is 1. The molecule has 0 bridgehead atoms. The Labute approximate surface area is 188 Å². The molecule has 3 heterocycles. The molecule has 1 atom stereocenters. The van der Waals surface area contributed by atoms with Gasteiger partial charge in [0.05, 0.1) is 18.0 Å². The molecule has 2 aliphatic heterocycles. The lowest BCUT2D eigenvalue weighted by Gasteiger charge is -2.33. The Morgan fingerprint density at radius 2 is 2.06 bits per heavy atom. The molecule has 0 aliphatic carbocycles. The number of rotatable bonds is 7. The largest absolute Gasteiger partial charge is 0.352 e. The molecule has 0 spiro atoms. The molecule has 1 N–H and O–H groups in total. The summed E-state index contributed by atoms with van der Waals surface area (Å²) in [6, 6.07) is 12.0. The second kappa shape index (κ2) is 10.3. The molecule has 7 heteroatoms. The van der Waals surface area contributed by atoms with Gasteiger partial charge in [-0.1, -0.05) is 30.3 Å². The summed E-state index contributed by atoms with van der Waals surface area (Å²) in [6.45, 7) is 5.68. The fourth-order valence-electron chi connectivity index (χ4n) is 4.23. The Morgan fingerprint density at radius 3 is 2.87 bits per heavy atom. The van der Waals surface area contributed by atoms with E-state index in [1.165, 1.54) is 37.6 Å². The molecule has 1 fully saturated rings. The summed E-state index contributed by atoms with van der Waals surface area (Å²) >= 11 is 1.48. The van der Waals surface area contributed by atoms with E-state index in [0.29, 0.717) is 30.4 Å². The zero-order valence-corrected chi connectivity index (χ0v) is 18.9. The van der Waals surface area contributed by atoms with Gasteiger partial charge in [-0.15, -0.1) is 0 Å². The molecule has 2 aromatic rings. The monoisotopic (exact) mass is 438 g/mol. The van der Waals surface area contributed by atoms with E-state index >= 15 is 0 Å². The number of carbonyl (C=O) groups excluding carboxylic acids is 2. The van der Waals surface area contributed by atoms with E-state index in [1.54, 1.807) is 11.1 Å². The highest BCUT2D eigenvalue weighted by Crippen LogP contribution is 2.34. The van der Waals surface area contributed by atoms with Crippen LogP contribution in [0.15, 0.2) is 47.6 Å². The molecule has 2 aliphatic rings. The lowest BCUT2D eigenvalue weighted by Crippen LogP contribution is -2.39. The minimum absolute atomic E-state index is 0.0433. The minimum atomic E-state index is -0.0433. The summed E-state index contributed by atoms with van der Waals surface area (Å²) < 4.78 is 0. The van der Waals surface area contributed by atoms with E-state index in [1.807, 2.05) is 36.4 Å². The van der Waals surface area contributed by atoms with E-state index in [9.17, 15) is 9.59 Å². The first-order chi connectivity index (χ1) is 15.1. The van der Waals surface area contributed by atoms with Gasteiger partial charge in [0, 0.05) is 30.9 Å². The van der Waals surface area contributed by atoms with E-state index in [4.69, 9.17) is 0 Å². The second-order valence-corrected chi connectivity index (χ2v) is 9.25. The van der Waals surface area contributed by atoms with Crippen LogP contribution in [0.1, 0.15) is 48.5 Å². The number of piperidine rings is 1. The maximum Gasteiger partial charge on any atom is 0.251 e. The average molecular weight is 439 g/mol. The van der Waals surface area contributed by atoms with Crippen LogP contribution < -0.4 is 10.2 Å². The molecule has 4 rings (SSSR count). The van der Waals surface area contributed by atoms with Crippen LogP contribution in [0, 0.1) is 0 Å². The highest BCUT2D eigenvalue weighted by molar-refractivity contribution is 8.00. The second-order valence-electron chi connectivity index (χ2n) is 8.28. The van der Waals surface area contributed by atoms with Crippen molar-refractivity contribution in [2.24, 2.45) is 0 Å². The van der Waals surface area contributed by atoms with Gasteiger partial charge in [-0.25, -0.2) is 4.98 Å². The first-order valence-electron chi connectivity index (χ1n) is 11.1. The molecule has 2 amide bonds. The summed E-state index contributed by atoms with van der Waals surface area (Å²) in [5, 5.41) is 3.92. The van der Waals surface area contributed by atoms with Crippen molar-refractivity contribution in [2.75, 3.05) is 30.3 Å². The van der Waals surface area contributed by atoms with Crippen LogP contribution in [0.3, 0.4) is 0 Å². The van der Waals surface area contributed by atoms with Crippen molar-refractivity contribution in [3.63, 3.8) is 0 Å². The zero-order chi connectivity index (χ0) is 21.6. The Hall–Kier alpha value is -2.38. The highest BCUT2D eigenvalue weighted by Gasteiger charge is 2.25. The molecule has 0 saturated carbocycles. The third kappa shape index (κ3) is 5.46. The zero-order valence-electron chi connectivity index (χ0n) is 18.0. The van der Waals surface area contributed by atoms with Crippen LogP contribution in [0.5, 0.6) is 0 Å². The van der Waals surface area contributed by atoms with E-state index in [-0.39, 0.29) is 11.8 Å². The normalized spacial score (nSPS) is 19.2. The first-order valence-corrected chi connectivity index (χ1v) is 12.1. The standard InChI is InChI=1S/C24H30N4O2S/c1-18-6-2-3-14-27(18)15-5-13-25-23(30)20-10-8-19(9-11-20)16-28-21-7-4-12-26-24(21)31-17-22(28)29/h4,7-12,18H,2-3,5-6,13-17H2,1H3,(H,25,30)/t18-/m1/s1. The number of fused-ring (bicyclic) bond motifs is 1. The summed E-state index contributed by atoms with van der Waals surface area (Å²) in [5.74, 6) is 0.439. The fourth-order valence-corrected chi connectivity index (χ4v) is 5.11. The van der Waals surface area contributed by atoms with Crippen LogP contribution in [-0.2, 0) is 11.3 Å². The predicted molar refractivity (Wildman–Crippen MR) is 124 cm³/mol. The number of hydrogen-bond acceptors (Lipinski definition) is 5. The van der Waals surface area contributed by atoms with E-state index in [0.717, 1.165) is 29.2 Å². The van der Waals surface area contributed by atoms with Crippen molar-refractivity contribution in [2.45, 2.75) is 50.2 Å². The molecule has 31 heavy (non-hydrogen) atoms. The van der Waals surface area contributed by atoms with Gasteiger partial charge in [0.1, 0.15) is 5.03 Å². The van der Waals surface area contributed by atoms with Crippen molar-refractivity contribution in [1.29, 1.82) is 0 Å². The molecule has 0 unspecified atom stereocenters. The van der Waals surface area contributed by atoms with Gasteiger partial charge in [-0.2, -0.15) is 0 Å². The topological polar surface area (TPSA) is 65.5 Å². The molecule has 1 aromatic carbocycles. The van der Waals surface area contributed by atoms with Crippen LogP contribution in [-0.4, -0.2) is 53.1 Å². The van der Waals surface area contributed by atoms with Crippen molar-refractivity contribution in [3.05, 3.63) is 53.7 Å². The smallest absolute Gasteiger partial charge is 0.251 e. The van der Waals surface area contributed by atoms with Gasteiger partial charge in [0.25, 0.3) is 5.91 Å². The number of nitrogens with zero attached hydrogens (tertiary/aromatic N) is 3. The van der Waals surface area contributed by atoms with Crippen molar-refractivity contribution < 1.29 is 9.59 Å². The number of nitrogens with one attached hydrogen (secondary N) is 1. The molecule has 1 saturated heterocycles. The van der Waals surface area contributed by atoms with Gasteiger partial charge in [0.2, 0.25) is 5.91 Å². The molecule has 0 radical (unpaired) electrons. The van der Waals surface area contributed by atoms with Crippen LogP contribution in [0.2, 0.25) is 0 Å². The molecule has 1 aromatic heterocycles. The summed E-state index contributed by atoms with van der Waals surface area (Å²) in [4.78, 5) is 33.6. The molecular formula is C24H30N4O2S. The number of likely N-dealkylation sites (tertiary alicyclic amines) is 1. The first kappa shape index (κ1) is 21.8. The van der Waals surface area contributed by atoms with Gasteiger partial charge in [-0.05, 0) is 62.6 Å². The van der Waals surface area contributed by atoms with E-state index < -0.39 is 0 Å². The fraction of sp³-hybridized carbons (Fsp3) is 0.458. The Balaban J connectivity index is 1.28. The Kier molecular flexibility index (Phi) is 7.25. The molecule has 6 nitrogen and oxygen atoms in total. The molecular weight excluding hydrogens is 408 g/mol. The van der Waals surface area contributed by atoms with Crippen molar-refractivity contribution in [1.82, 2.24) is 15.2 Å². The van der Waals surface area contributed by atoms with Gasteiger partial charge < -0.3 is 15.1 Å². The summed E-state index contributed by atoms with van der Waals surface area (Å²) in [5.41, 5.74) is 2.50. The SMILES string of the molecule is C[C@@H]1CCCCN1CCCNC(=O)c1ccc(CN2C(=O)CSc3ncccc32)cc1. The summed E-state index contributed by atoms with van der Waals surface area (Å²) in [7, 11) is 0. The average Bonchev–Trinajstić information content (AvgIpc) is 2.80. The Morgan fingerprint density at radius 1 is 1.23 bits per heavy atom. The lowest BCUT2D eigenvalue weighted by atomic mass is 10.0. The Bertz CT molecular complexity index is 918. The number of pyridine rings is 1. The number of thioether (sulfide) groups is 1. The van der Waals surface area contributed by atoms with Crippen LogP contribution >= 0.6 is 11.8 Å². The minimum Gasteiger partial charge on any atom is -0.352 e. The van der Waals surface area contributed by atoms with Crippen molar-refractivity contribution >= 4 is 29.3 Å². The van der Waals surface area contributed by atoms with E-state index in [2.05, 4.69) is 22.1 Å². The van der Waals surface area contributed by atoms with Crippen molar-refractivity contribution in [3.8, 4) is 0 Å². The quantitative estimate of drug-likeness (QED) is 0.668. The van der Waals surface area contributed by atoms with Gasteiger partial charge >= 0.3 is 0 Å². The van der Waals surface area contributed by atoms with Crippen LogP contribution in [0.4, 0.5) is 5.69 Å². The number of hydrogen-bond donors (Lipinski definition) is 1. The third-order valence-corrected chi connectivity index (χ3v) is 7.06. The highest BCUT2D eigenvalue weighted by atomic mass is 32.2. The number of carbonyl (C=O) groups is 2. The number of amides is 2.